The minimum atomic E-state index is -0.704. The fourth-order valence-corrected chi connectivity index (χ4v) is 1.05. The second-order valence-electron chi connectivity index (χ2n) is 2.75. The largest absolute Gasteiger partial charge is 0.506 e. The highest BCUT2D eigenvalue weighted by Crippen LogP contribution is 2.26. The molecular weight excluding hydrogens is 184 g/mol. The van der Waals surface area contributed by atoms with Crippen molar-refractivity contribution >= 4 is 17.5 Å². The zero-order valence-corrected chi connectivity index (χ0v) is 7.57. The smallest absolute Gasteiger partial charge is 0.250 e. The molecule has 0 unspecified atom stereocenters. The standard InChI is InChI=1S/C9H10N2O3/c1-5(12)11-8-6(9(10)14)3-2-4-7(8)13/h2-4,13H,1H3,(H2,10,14)(H,11,12). The highest BCUT2D eigenvalue weighted by molar-refractivity contribution is 6.04. The summed E-state index contributed by atoms with van der Waals surface area (Å²) in [5.74, 6) is -1.27. The third-order valence-electron chi connectivity index (χ3n) is 1.61. The van der Waals surface area contributed by atoms with E-state index < -0.39 is 5.91 Å². The number of anilines is 1. The first-order chi connectivity index (χ1) is 6.52. The maximum Gasteiger partial charge on any atom is 0.250 e. The van der Waals surface area contributed by atoms with Crippen molar-refractivity contribution < 1.29 is 14.7 Å². The van der Waals surface area contributed by atoms with Gasteiger partial charge < -0.3 is 16.2 Å². The molecule has 14 heavy (non-hydrogen) atoms. The number of primary amides is 1. The van der Waals surface area contributed by atoms with Gasteiger partial charge in [0.2, 0.25) is 5.91 Å². The number of carbonyl (C=O) groups is 2. The van der Waals surface area contributed by atoms with E-state index in [1.54, 1.807) is 0 Å². The molecule has 1 rings (SSSR count). The second-order valence-corrected chi connectivity index (χ2v) is 2.75. The Hall–Kier alpha value is -2.04. The minimum Gasteiger partial charge on any atom is -0.506 e. The lowest BCUT2D eigenvalue weighted by Gasteiger charge is -2.08. The summed E-state index contributed by atoms with van der Waals surface area (Å²) in [6.45, 7) is 1.28. The van der Waals surface area contributed by atoms with Crippen LogP contribution in [0.4, 0.5) is 5.69 Å². The third-order valence-corrected chi connectivity index (χ3v) is 1.61. The van der Waals surface area contributed by atoms with Crippen LogP contribution in [0.1, 0.15) is 17.3 Å². The molecule has 1 aromatic carbocycles. The molecule has 0 radical (unpaired) electrons. The van der Waals surface area contributed by atoms with Crippen molar-refractivity contribution in [3.63, 3.8) is 0 Å². The van der Waals surface area contributed by atoms with Crippen molar-refractivity contribution in [1.29, 1.82) is 0 Å². The zero-order chi connectivity index (χ0) is 10.7. The number of carbonyl (C=O) groups excluding carboxylic acids is 2. The predicted molar refractivity (Wildman–Crippen MR) is 50.9 cm³/mol. The van der Waals surface area contributed by atoms with Gasteiger partial charge >= 0.3 is 0 Å². The monoisotopic (exact) mass is 194 g/mol. The number of hydrogen-bond donors (Lipinski definition) is 3. The molecule has 0 aliphatic carbocycles. The SMILES string of the molecule is CC(=O)Nc1c(O)cccc1C(N)=O. The van der Waals surface area contributed by atoms with Crippen LogP contribution in [-0.4, -0.2) is 16.9 Å². The topological polar surface area (TPSA) is 92.4 Å². The fourth-order valence-electron chi connectivity index (χ4n) is 1.05. The summed E-state index contributed by atoms with van der Waals surface area (Å²) in [4.78, 5) is 21.7. The Labute approximate surface area is 80.5 Å². The maximum atomic E-state index is 10.9. The second kappa shape index (κ2) is 3.78. The van der Waals surface area contributed by atoms with Crippen molar-refractivity contribution in [3.05, 3.63) is 23.8 Å². The summed E-state index contributed by atoms with van der Waals surface area (Å²) in [6, 6.07) is 4.26. The number of nitrogens with one attached hydrogen (secondary N) is 1. The van der Waals surface area contributed by atoms with E-state index in [0.29, 0.717) is 0 Å². The zero-order valence-electron chi connectivity index (χ0n) is 7.57. The van der Waals surface area contributed by atoms with Gasteiger partial charge in [0, 0.05) is 6.92 Å². The van der Waals surface area contributed by atoms with Gasteiger partial charge in [0.15, 0.2) is 0 Å². The average Bonchev–Trinajstić information content (AvgIpc) is 2.07. The van der Waals surface area contributed by atoms with Gasteiger partial charge in [0.25, 0.3) is 5.91 Å². The lowest BCUT2D eigenvalue weighted by molar-refractivity contribution is -0.114. The molecule has 0 saturated heterocycles. The molecule has 0 spiro atoms. The van der Waals surface area contributed by atoms with E-state index in [1.807, 2.05) is 0 Å². The Bertz CT molecular complexity index is 388. The Morgan fingerprint density at radius 3 is 2.57 bits per heavy atom. The predicted octanol–water partition coefficient (Wildman–Crippen LogP) is 0.449. The number of aromatic hydroxyl groups is 1. The van der Waals surface area contributed by atoms with Crippen LogP contribution in [0.2, 0.25) is 0 Å². The van der Waals surface area contributed by atoms with Crippen LogP contribution in [0.15, 0.2) is 18.2 Å². The quantitative estimate of drug-likeness (QED) is 0.597. The summed E-state index contributed by atoms with van der Waals surface area (Å²) in [5.41, 5.74) is 5.19. The summed E-state index contributed by atoms with van der Waals surface area (Å²) in [7, 11) is 0. The molecule has 0 atom stereocenters. The van der Waals surface area contributed by atoms with Crippen molar-refractivity contribution in [2.75, 3.05) is 5.32 Å². The van der Waals surface area contributed by atoms with E-state index in [0.717, 1.165) is 0 Å². The minimum absolute atomic E-state index is 0.0486. The van der Waals surface area contributed by atoms with Crippen LogP contribution in [0.3, 0.4) is 0 Å². The van der Waals surface area contributed by atoms with Crippen LogP contribution in [0, 0.1) is 0 Å². The number of nitrogens with two attached hydrogens (primary N) is 1. The van der Waals surface area contributed by atoms with Crippen molar-refractivity contribution in [3.8, 4) is 5.75 Å². The Morgan fingerprint density at radius 1 is 1.43 bits per heavy atom. The Morgan fingerprint density at radius 2 is 2.07 bits per heavy atom. The lowest BCUT2D eigenvalue weighted by atomic mass is 10.1. The number of benzene rings is 1. The summed E-state index contributed by atoms with van der Waals surface area (Å²) in [5, 5.41) is 11.7. The van der Waals surface area contributed by atoms with Crippen molar-refractivity contribution in [2.24, 2.45) is 5.73 Å². The number of phenolic OH excluding ortho intramolecular Hbond substituents is 1. The van der Waals surface area contributed by atoms with Gasteiger partial charge in [-0.05, 0) is 12.1 Å². The molecule has 0 bridgehead atoms. The van der Waals surface area contributed by atoms with E-state index in [2.05, 4.69) is 5.32 Å². The third kappa shape index (κ3) is 2.01. The first-order valence-electron chi connectivity index (χ1n) is 3.91. The Kier molecular flexibility index (Phi) is 2.71. The van der Waals surface area contributed by atoms with Gasteiger partial charge in [-0.2, -0.15) is 0 Å². The number of phenols is 1. The molecule has 5 heteroatoms. The first kappa shape index (κ1) is 10.0. The van der Waals surface area contributed by atoms with E-state index in [9.17, 15) is 14.7 Å². The molecular formula is C9H10N2O3. The summed E-state index contributed by atoms with van der Waals surface area (Å²) < 4.78 is 0. The summed E-state index contributed by atoms with van der Waals surface area (Å²) in [6.07, 6.45) is 0. The van der Waals surface area contributed by atoms with Gasteiger partial charge in [-0.3, -0.25) is 9.59 Å². The van der Waals surface area contributed by atoms with Crippen molar-refractivity contribution in [1.82, 2.24) is 0 Å². The fraction of sp³-hybridized carbons (Fsp3) is 0.111. The van der Waals surface area contributed by atoms with Crippen LogP contribution < -0.4 is 11.1 Å². The highest BCUT2D eigenvalue weighted by atomic mass is 16.3. The number of para-hydroxylation sites is 1. The molecule has 4 N–H and O–H groups in total. The number of rotatable bonds is 2. The lowest BCUT2D eigenvalue weighted by Crippen LogP contribution is -2.16. The van der Waals surface area contributed by atoms with E-state index in [-0.39, 0.29) is 22.9 Å². The summed E-state index contributed by atoms with van der Waals surface area (Å²) >= 11 is 0. The van der Waals surface area contributed by atoms with Crippen molar-refractivity contribution in [2.45, 2.75) is 6.92 Å². The highest BCUT2D eigenvalue weighted by Gasteiger charge is 2.12. The molecule has 0 aliphatic heterocycles. The van der Waals surface area contributed by atoms with Gasteiger partial charge in [-0.1, -0.05) is 6.07 Å². The van der Waals surface area contributed by atoms with E-state index >= 15 is 0 Å². The molecule has 2 amide bonds. The average molecular weight is 194 g/mol. The molecule has 1 aromatic rings. The number of amides is 2. The van der Waals surface area contributed by atoms with Crippen LogP contribution in [0.25, 0.3) is 0 Å². The first-order valence-corrected chi connectivity index (χ1v) is 3.91. The number of hydrogen-bond acceptors (Lipinski definition) is 3. The van der Waals surface area contributed by atoms with Gasteiger partial charge in [-0.25, -0.2) is 0 Å². The molecule has 0 fully saturated rings. The molecule has 74 valence electrons. The van der Waals surface area contributed by atoms with Crippen LogP contribution in [-0.2, 0) is 4.79 Å². The van der Waals surface area contributed by atoms with E-state index in [4.69, 9.17) is 5.73 Å². The Balaban J connectivity index is 3.22. The molecule has 0 aliphatic rings. The normalized spacial score (nSPS) is 9.50. The van der Waals surface area contributed by atoms with Gasteiger partial charge in [0.05, 0.1) is 11.3 Å². The molecule has 0 saturated carbocycles. The van der Waals surface area contributed by atoms with Gasteiger partial charge in [0.1, 0.15) is 5.75 Å². The van der Waals surface area contributed by atoms with Crippen LogP contribution >= 0.6 is 0 Å². The molecule has 0 aromatic heterocycles. The molecule has 0 heterocycles. The maximum absolute atomic E-state index is 10.9. The van der Waals surface area contributed by atoms with Crippen LogP contribution in [0.5, 0.6) is 5.75 Å². The molecule has 5 nitrogen and oxygen atoms in total. The van der Waals surface area contributed by atoms with E-state index in [1.165, 1.54) is 25.1 Å². The van der Waals surface area contributed by atoms with Gasteiger partial charge in [-0.15, -0.1) is 0 Å².